The molecule has 0 bridgehead atoms. The minimum atomic E-state index is -0.0821. The maximum absolute atomic E-state index is 12.3. The quantitative estimate of drug-likeness (QED) is 0.433. The van der Waals surface area contributed by atoms with Crippen molar-refractivity contribution in [3.63, 3.8) is 0 Å². The van der Waals surface area contributed by atoms with Crippen LogP contribution in [0.4, 0.5) is 5.69 Å². The van der Waals surface area contributed by atoms with Gasteiger partial charge in [0.25, 0.3) is 0 Å². The molecule has 0 aliphatic rings. The molecule has 0 spiro atoms. The van der Waals surface area contributed by atoms with Crippen LogP contribution >= 0.6 is 11.8 Å². The number of benzene rings is 1. The van der Waals surface area contributed by atoms with E-state index in [4.69, 9.17) is 9.15 Å². The normalized spacial score (nSPS) is 11.0. The molecule has 0 saturated heterocycles. The number of carbonyl (C=O) groups is 1. The molecule has 0 fully saturated rings. The molecular weight excluding hydrogens is 376 g/mol. The Hall–Kier alpha value is -2.58. The minimum Gasteiger partial charge on any atom is -0.469 e. The Bertz CT molecular complexity index is 918. The molecule has 3 rings (SSSR count). The number of methoxy groups -OCH3 is 1. The van der Waals surface area contributed by atoms with Crippen LogP contribution in [0.3, 0.4) is 0 Å². The average Bonchev–Trinajstić information content (AvgIpc) is 3.28. The summed E-state index contributed by atoms with van der Waals surface area (Å²) in [6.45, 7) is 5.24. The summed E-state index contributed by atoms with van der Waals surface area (Å²) in [4.78, 5) is 12.3. The van der Waals surface area contributed by atoms with Gasteiger partial charge in [0.05, 0.1) is 17.6 Å². The number of nitrogens with one attached hydrogen (secondary N) is 1. The van der Waals surface area contributed by atoms with E-state index >= 15 is 0 Å². The Balaban J connectivity index is 1.70. The second-order valence-electron chi connectivity index (χ2n) is 6.40. The van der Waals surface area contributed by atoms with E-state index in [0.29, 0.717) is 18.3 Å². The molecule has 0 aliphatic carbocycles. The predicted molar refractivity (Wildman–Crippen MR) is 109 cm³/mol. The third-order valence-corrected chi connectivity index (χ3v) is 5.18. The second-order valence-corrected chi connectivity index (χ2v) is 7.34. The van der Waals surface area contributed by atoms with Gasteiger partial charge in [-0.25, -0.2) is 0 Å². The summed E-state index contributed by atoms with van der Waals surface area (Å²) in [6.07, 6.45) is 2.46. The SMILES string of the molecule is COCCCn1c(SCC(=O)Nc2ccc(C)cc2)nnc1-c1ccoc1C. The number of thioether (sulfide) groups is 1. The number of nitrogens with zero attached hydrogens (tertiary/aromatic N) is 3. The molecule has 0 aliphatic heterocycles. The maximum Gasteiger partial charge on any atom is 0.234 e. The highest BCUT2D eigenvalue weighted by Gasteiger charge is 2.18. The first-order valence-electron chi connectivity index (χ1n) is 9.04. The third kappa shape index (κ3) is 5.02. The van der Waals surface area contributed by atoms with Crippen molar-refractivity contribution in [2.75, 3.05) is 24.8 Å². The molecule has 0 radical (unpaired) electrons. The van der Waals surface area contributed by atoms with Crippen LogP contribution in [0.2, 0.25) is 0 Å². The van der Waals surface area contributed by atoms with Crippen LogP contribution in [0.1, 0.15) is 17.7 Å². The van der Waals surface area contributed by atoms with Crippen molar-refractivity contribution in [3.05, 3.63) is 47.9 Å². The topological polar surface area (TPSA) is 82.2 Å². The van der Waals surface area contributed by atoms with E-state index in [1.54, 1.807) is 13.4 Å². The molecule has 28 heavy (non-hydrogen) atoms. The van der Waals surface area contributed by atoms with Gasteiger partial charge >= 0.3 is 0 Å². The summed E-state index contributed by atoms with van der Waals surface area (Å²) in [5.74, 6) is 1.69. The fraction of sp³-hybridized carbons (Fsp3) is 0.350. The van der Waals surface area contributed by atoms with Gasteiger partial charge in [0.1, 0.15) is 5.76 Å². The van der Waals surface area contributed by atoms with Gasteiger partial charge < -0.3 is 19.0 Å². The highest BCUT2D eigenvalue weighted by atomic mass is 32.2. The van der Waals surface area contributed by atoms with Crippen molar-refractivity contribution in [1.82, 2.24) is 14.8 Å². The lowest BCUT2D eigenvalue weighted by molar-refractivity contribution is -0.113. The second kappa shape index (κ2) is 9.57. The van der Waals surface area contributed by atoms with Gasteiger partial charge in [0, 0.05) is 25.9 Å². The molecule has 0 saturated carbocycles. The van der Waals surface area contributed by atoms with Gasteiger partial charge in [0.15, 0.2) is 11.0 Å². The number of aromatic nitrogens is 3. The fourth-order valence-electron chi connectivity index (χ4n) is 2.74. The van der Waals surface area contributed by atoms with Crippen molar-refractivity contribution in [1.29, 1.82) is 0 Å². The molecule has 2 heterocycles. The van der Waals surface area contributed by atoms with E-state index in [2.05, 4.69) is 15.5 Å². The van der Waals surface area contributed by atoms with Crippen LogP contribution in [0, 0.1) is 13.8 Å². The Kier molecular flexibility index (Phi) is 6.89. The van der Waals surface area contributed by atoms with Crippen LogP contribution < -0.4 is 5.32 Å². The first-order chi connectivity index (χ1) is 13.6. The zero-order valence-electron chi connectivity index (χ0n) is 16.3. The highest BCUT2D eigenvalue weighted by molar-refractivity contribution is 7.99. The Morgan fingerprint density at radius 2 is 2.00 bits per heavy atom. The summed E-state index contributed by atoms with van der Waals surface area (Å²) < 4.78 is 12.6. The summed E-state index contributed by atoms with van der Waals surface area (Å²) in [5.41, 5.74) is 2.84. The van der Waals surface area contributed by atoms with Crippen molar-refractivity contribution < 1.29 is 13.9 Å². The zero-order valence-corrected chi connectivity index (χ0v) is 17.1. The number of ether oxygens (including phenoxy) is 1. The molecule has 2 aromatic heterocycles. The zero-order chi connectivity index (χ0) is 19.9. The summed E-state index contributed by atoms with van der Waals surface area (Å²) >= 11 is 1.37. The molecule has 148 valence electrons. The molecule has 3 aromatic rings. The number of anilines is 1. The number of hydrogen-bond donors (Lipinski definition) is 1. The number of carbonyl (C=O) groups excluding carboxylic acids is 1. The van der Waals surface area contributed by atoms with E-state index in [-0.39, 0.29) is 11.7 Å². The average molecular weight is 401 g/mol. The van der Waals surface area contributed by atoms with Gasteiger partial charge in [-0.1, -0.05) is 29.5 Å². The van der Waals surface area contributed by atoms with E-state index in [1.807, 2.05) is 48.7 Å². The molecule has 1 aromatic carbocycles. The van der Waals surface area contributed by atoms with Crippen molar-refractivity contribution in [2.45, 2.75) is 32.0 Å². The standard InChI is InChI=1S/C20H24N4O3S/c1-14-5-7-16(8-6-14)21-18(25)13-28-20-23-22-19(17-9-12-27-15(17)2)24(20)10-4-11-26-3/h5-9,12H,4,10-11,13H2,1-3H3,(H,21,25). The Morgan fingerprint density at radius 3 is 2.68 bits per heavy atom. The summed E-state index contributed by atoms with van der Waals surface area (Å²) in [6, 6.07) is 9.60. The van der Waals surface area contributed by atoms with Crippen molar-refractivity contribution in [3.8, 4) is 11.4 Å². The summed E-state index contributed by atoms with van der Waals surface area (Å²) in [7, 11) is 1.68. The monoisotopic (exact) mass is 400 g/mol. The first-order valence-corrected chi connectivity index (χ1v) is 10.0. The third-order valence-electron chi connectivity index (χ3n) is 4.21. The lowest BCUT2D eigenvalue weighted by atomic mass is 10.2. The van der Waals surface area contributed by atoms with Gasteiger partial charge in [-0.2, -0.15) is 0 Å². The smallest absolute Gasteiger partial charge is 0.234 e. The molecule has 0 unspecified atom stereocenters. The molecule has 7 nitrogen and oxygen atoms in total. The molecule has 1 amide bonds. The Morgan fingerprint density at radius 1 is 1.21 bits per heavy atom. The molecule has 0 atom stereocenters. The first kappa shape index (κ1) is 20.2. The van der Waals surface area contributed by atoms with Gasteiger partial charge in [-0.15, -0.1) is 10.2 Å². The predicted octanol–water partition coefficient (Wildman–Crippen LogP) is 3.92. The van der Waals surface area contributed by atoms with Crippen LogP contribution in [-0.2, 0) is 16.1 Å². The number of rotatable bonds is 9. The fourth-order valence-corrected chi connectivity index (χ4v) is 3.51. The van der Waals surface area contributed by atoms with Crippen LogP contribution in [0.25, 0.3) is 11.4 Å². The number of amides is 1. The lowest BCUT2D eigenvalue weighted by Gasteiger charge is -2.10. The maximum atomic E-state index is 12.3. The lowest BCUT2D eigenvalue weighted by Crippen LogP contribution is -2.15. The van der Waals surface area contributed by atoms with Crippen LogP contribution in [0.15, 0.2) is 46.2 Å². The molecular formula is C20H24N4O3S. The van der Waals surface area contributed by atoms with Crippen molar-refractivity contribution >= 4 is 23.4 Å². The van der Waals surface area contributed by atoms with E-state index in [9.17, 15) is 4.79 Å². The highest BCUT2D eigenvalue weighted by Crippen LogP contribution is 2.27. The van der Waals surface area contributed by atoms with E-state index in [1.165, 1.54) is 11.8 Å². The largest absolute Gasteiger partial charge is 0.469 e. The molecule has 1 N–H and O–H groups in total. The van der Waals surface area contributed by atoms with Gasteiger partial charge in [0.2, 0.25) is 5.91 Å². The van der Waals surface area contributed by atoms with Crippen molar-refractivity contribution in [2.24, 2.45) is 0 Å². The van der Waals surface area contributed by atoms with Gasteiger partial charge in [-0.05, 0) is 38.5 Å². The Labute approximate surface area is 168 Å². The van der Waals surface area contributed by atoms with Crippen LogP contribution in [0.5, 0.6) is 0 Å². The minimum absolute atomic E-state index is 0.0821. The summed E-state index contributed by atoms with van der Waals surface area (Å²) in [5, 5.41) is 12.2. The van der Waals surface area contributed by atoms with E-state index < -0.39 is 0 Å². The molecule has 8 heteroatoms. The van der Waals surface area contributed by atoms with Gasteiger partial charge in [-0.3, -0.25) is 4.79 Å². The number of hydrogen-bond acceptors (Lipinski definition) is 6. The van der Waals surface area contributed by atoms with E-state index in [0.717, 1.165) is 34.8 Å². The van der Waals surface area contributed by atoms with Crippen LogP contribution in [-0.4, -0.2) is 40.1 Å². The number of furan rings is 1. The number of aryl methyl sites for hydroxylation is 2.